The summed E-state index contributed by atoms with van der Waals surface area (Å²) in [4.78, 5) is 12.0. The highest BCUT2D eigenvalue weighted by Crippen LogP contribution is 2.38. The normalized spacial score (nSPS) is 16.4. The third-order valence-corrected chi connectivity index (χ3v) is 4.62. The Kier molecular flexibility index (Phi) is 4.58. The molecule has 1 aromatic heterocycles. The lowest BCUT2D eigenvalue weighted by Gasteiger charge is -2.13. The maximum atomic E-state index is 13.5. The molecule has 28 heavy (non-hydrogen) atoms. The van der Waals surface area contributed by atoms with E-state index in [2.05, 4.69) is 20.3 Å². The molecule has 1 aliphatic heterocycles. The molecule has 0 saturated carbocycles. The van der Waals surface area contributed by atoms with E-state index in [0.717, 1.165) is 17.9 Å². The van der Waals surface area contributed by atoms with Gasteiger partial charge >= 0.3 is 12.1 Å². The first-order valence-electron chi connectivity index (χ1n) is 8.97. The highest BCUT2D eigenvalue weighted by molar-refractivity contribution is 6.04. The molecule has 0 saturated heterocycles. The van der Waals surface area contributed by atoms with E-state index in [4.69, 9.17) is 0 Å². The Hall–Kier alpha value is -3.22. The number of halogens is 3. The molecule has 0 bridgehead atoms. The highest BCUT2D eigenvalue weighted by Gasteiger charge is 2.34. The second-order valence-electron chi connectivity index (χ2n) is 6.53. The number of anilines is 1. The van der Waals surface area contributed by atoms with Gasteiger partial charge in [0.1, 0.15) is 17.9 Å². The first kappa shape index (κ1) is 18.2. The van der Waals surface area contributed by atoms with E-state index in [9.17, 15) is 13.2 Å². The van der Waals surface area contributed by atoms with Crippen molar-refractivity contribution in [2.75, 3.05) is 5.32 Å². The molecule has 0 radical (unpaired) electrons. The van der Waals surface area contributed by atoms with Crippen LogP contribution in [0.3, 0.4) is 0 Å². The number of hydrogen-bond donors (Lipinski definition) is 2. The number of rotatable bonds is 3. The number of aliphatic imine (C=N–C) groups is 1. The summed E-state index contributed by atoms with van der Waals surface area (Å²) in [7, 11) is 0. The Balaban J connectivity index is 1.85. The van der Waals surface area contributed by atoms with Crippen molar-refractivity contribution in [3.63, 3.8) is 0 Å². The van der Waals surface area contributed by atoms with Crippen LogP contribution in [0.15, 0.2) is 59.6 Å². The van der Waals surface area contributed by atoms with Crippen molar-refractivity contribution in [3.8, 4) is 11.3 Å². The zero-order valence-electron chi connectivity index (χ0n) is 15.1. The molecule has 1 unspecified atom stereocenters. The van der Waals surface area contributed by atoms with Crippen molar-refractivity contribution in [3.05, 3.63) is 60.2 Å². The van der Waals surface area contributed by atoms with Gasteiger partial charge < -0.3 is 0 Å². The lowest BCUT2D eigenvalue weighted by atomic mass is 10.0. The van der Waals surface area contributed by atoms with Crippen molar-refractivity contribution < 1.29 is 18.2 Å². The Bertz CT molecular complexity index is 1090. The van der Waals surface area contributed by atoms with Gasteiger partial charge in [-0.1, -0.05) is 42.2 Å². The number of aromatic nitrogens is 1. The van der Waals surface area contributed by atoms with Crippen LogP contribution >= 0.6 is 0 Å². The first-order valence-corrected chi connectivity index (χ1v) is 8.97. The number of nitrogens with one attached hydrogen (secondary N) is 2. The van der Waals surface area contributed by atoms with E-state index >= 15 is 0 Å². The highest BCUT2D eigenvalue weighted by atomic mass is 19.4. The molecule has 0 amide bonds. The maximum Gasteiger partial charge on any atom is 0.417 e. The second-order valence-corrected chi connectivity index (χ2v) is 6.53. The summed E-state index contributed by atoms with van der Waals surface area (Å²) in [5.41, 5.74) is 0.842. The molecule has 2 N–H and O–H groups in total. The van der Waals surface area contributed by atoms with Gasteiger partial charge in [0.25, 0.3) is 0 Å². The molecule has 1 atom stereocenters. The lowest BCUT2D eigenvalue weighted by Crippen LogP contribution is -2.78. The van der Waals surface area contributed by atoms with Gasteiger partial charge in [-0.3, -0.25) is 4.99 Å². The molecule has 0 aliphatic carbocycles. The molecule has 142 valence electrons. The predicted octanol–water partition coefficient (Wildman–Crippen LogP) is 3.63. The Morgan fingerprint density at radius 2 is 1.82 bits per heavy atom. The largest absolute Gasteiger partial charge is 0.417 e. The molecule has 4 rings (SSSR count). The van der Waals surface area contributed by atoms with Gasteiger partial charge in [-0.25, -0.2) is 10.3 Å². The van der Waals surface area contributed by atoms with Gasteiger partial charge in [-0.2, -0.15) is 13.2 Å². The third kappa shape index (κ3) is 3.47. The minimum atomic E-state index is -4.46. The summed E-state index contributed by atoms with van der Waals surface area (Å²) >= 11 is 0. The quantitative estimate of drug-likeness (QED) is 0.726. The molecule has 0 fully saturated rings. The smallest absolute Gasteiger partial charge is 0.265 e. The van der Waals surface area contributed by atoms with Crippen molar-refractivity contribution in [1.29, 1.82) is 0 Å². The number of alkyl halides is 3. The number of benzene rings is 2. The molecule has 3 aromatic rings. The van der Waals surface area contributed by atoms with E-state index in [-0.39, 0.29) is 17.3 Å². The van der Waals surface area contributed by atoms with E-state index in [1.807, 2.05) is 31.3 Å². The number of guanidine groups is 1. The number of para-hydroxylation sites is 1. The van der Waals surface area contributed by atoms with Crippen LogP contribution in [0, 0.1) is 0 Å². The van der Waals surface area contributed by atoms with E-state index in [1.54, 1.807) is 18.2 Å². The van der Waals surface area contributed by atoms with Gasteiger partial charge in [0, 0.05) is 17.0 Å². The zero-order valence-corrected chi connectivity index (χ0v) is 15.1. The maximum absolute atomic E-state index is 13.5. The number of nitrogens with zero attached hydrogens (tertiary/aromatic N) is 2. The summed E-state index contributed by atoms with van der Waals surface area (Å²) in [6, 6.07) is 14.6. The second kappa shape index (κ2) is 7.07. The fourth-order valence-electron chi connectivity index (χ4n) is 3.19. The van der Waals surface area contributed by atoms with E-state index in [1.165, 1.54) is 12.1 Å². The van der Waals surface area contributed by atoms with Crippen LogP contribution in [-0.2, 0) is 6.18 Å². The van der Waals surface area contributed by atoms with Crippen LogP contribution in [0.1, 0.15) is 18.9 Å². The molecule has 2 heterocycles. The van der Waals surface area contributed by atoms with Crippen LogP contribution in [-0.4, -0.2) is 23.2 Å². The van der Waals surface area contributed by atoms with Crippen molar-refractivity contribution in [2.45, 2.75) is 25.6 Å². The van der Waals surface area contributed by atoms with Crippen LogP contribution in [0.4, 0.5) is 18.9 Å². The van der Waals surface area contributed by atoms with Crippen LogP contribution < -0.4 is 10.3 Å². The van der Waals surface area contributed by atoms with E-state index in [0.29, 0.717) is 17.2 Å². The van der Waals surface area contributed by atoms with Gasteiger partial charge in [0.2, 0.25) is 0 Å². The lowest BCUT2D eigenvalue weighted by molar-refractivity contribution is -0.477. The van der Waals surface area contributed by atoms with Gasteiger partial charge in [0.05, 0.1) is 16.8 Å². The molecule has 7 heteroatoms. The summed E-state index contributed by atoms with van der Waals surface area (Å²) in [5, 5.41) is 4.01. The standard InChI is InChI=1S/C21H17F3N4/c1-2-13-12-25-20(26-13)28-19-11-18(27-17-10-6-4-8-15(17)19)14-7-3-5-9-16(14)21(22,23)24/h3-13H,2H2,1H3,(H,26,27,28)/p+1. The van der Waals surface area contributed by atoms with Crippen molar-refractivity contribution >= 4 is 28.8 Å². The average Bonchev–Trinajstić information content (AvgIpc) is 3.15. The molecular weight excluding hydrogens is 365 g/mol. The zero-order chi connectivity index (χ0) is 19.7. The van der Waals surface area contributed by atoms with Gasteiger partial charge in [0.15, 0.2) is 0 Å². The molecule has 4 nitrogen and oxygen atoms in total. The summed E-state index contributed by atoms with van der Waals surface area (Å²) in [5.74, 6) is 0.568. The SMILES string of the molecule is CCC1C=NC(Nc2cc(-c3ccccc3C(F)(F)F)nc3ccccc23)=[NH+]1. The van der Waals surface area contributed by atoms with Crippen molar-refractivity contribution in [1.82, 2.24) is 4.98 Å². The van der Waals surface area contributed by atoms with E-state index < -0.39 is 11.7 Å². The fourth-order valence-corrected chi connectivity index (χ4v) is 3.19. The van der Waals surface area contributed by atoms with Crippen molar-refractivity contribution in [2.24, 2.45) is 4.99 Å². The van der Waals surface area contributed by atoms with Crippen LogP contribution in [0.5, 0.6) is 0 Å². The first-order chi connectivity index (χ1) is 13.5. The predicted molar refractivity (Wildman–Crippen MR) is 104 cm³/mol. The Morgan fingerprint density at radius 1 is 1.07 bits per heavy atom. The summed E-state index contributed by atoms with van der Waals surface area (Å²) < 4.78 is 40.4. The summed E-state index contributed by atoms with van der Waals surface area (Å²) in [6.45, 7) is 2.04. The monoisotopic (exact) mass is 383 g/mol. The number of fused-ring (bicyclic) bond motifs is 1. The van der Waals surface area contributed by atoms with Crippen LogP contribution in [0.2, 0.25) is 0 Å². The number of hydrogen-bond acceptors (Lipinski definition) is 3. The third-order valence-electron chi connectivity index (χ3n) is 4.62. The fraction of sp³-hybridized carbons (Fsp3) is 0.190. The minimum Gasteiger partial charge on any atom is -0.265 e. The average molecular weight is 383 g/mol. The van der Waals surface area contributed by atoms with Crippen LogP contribution in [0.25, 0.3) is 22.2 Å². The number of pyridine rings is 1. The van der Waals surface area contributed by atoms with Gasteiger partial charge in [-0.05, 0) is 24.6 Å². The molecule has 1 aliphatic rings. The molecule has 2 aromatic carbocycles. The topological polar surface area (TPSA) is 51.2 Å². The molecule has 0 spiro atoms. The Morgan fingerprint density at radius 3 is 2.57 bits per heavy atom. The minimum absolute atomic E-state index is 0.0446. The molecular formula is C21H18F3N4+. The Labute approximate surface area is 159 Å². The summed E-state index contributed by atoms with van der Waals surface area (Å²) in [6.07, 6.45) is -1.76. The van der Waals surface area contributed by atoms with Gasteiger partial charge in [-0.15, -0.1) is 0 Å².